The molecule has 51 heavy (non-hydrogen) atoms. The fraction of sp³-hybridized carbons (Fsp3) is 0.417. The second-order valence-corrected chi connectivity index (χ2v) is 12.2. The van der Waals surface area contributed by atoms with Gasteiger partial charge in [-0.2, -0.15) is 13.2 Å². The molecule has 274 valence electrons. The molecule has 1 saturated heterocycles. The minimum absolute atomic E-state index is 0.0272. The quantitative estimate of drug-likeness (QED) is 0.0894. The zero-order valence-corrected chi connectivity index (χ0v) is 28.7. The molecule has 1 fully saturated rings. The second-order valence-electron chi connectivity index (χ2n) is 12.2. The predicted molar refractivity (Wildman–Crippen MR) is 181 cm³/mol. The molecule has 15 heteroatoms. The Bertz CT molecular complexity index is 1830. The van der Waals surface area contributed by atoms with Crippen molar-refractivity contribution in [3.63, 3.8) is 0 Å². The standard InChI is InChI=1S/C36H40F3N3O9/c1-5-50-33(43)13-6-23-18-31(48-3)34(32(19-23)49-4)51-27-14-16-40(17-15-27)22-35(44,36(37,38)39)29-21-41(24-7-10-26(47-2)11-8-24)30-20-25(42(45)46)9-12-28(29)30/h7-12,18-21,27,44H,5-6,13-17,22H2,1-4H3. The van der Waals surface area contributed by atoms with Gasteiger partial charge in [0, 0.05) is 61.0 Å². The van der Waals surface area contributed by atoms with E-state index in [1.54, 1.807) is 43.3 Å². The molecule has 2 heterocycles. The summed E-state index contributed by atoms with van der Waals surface area (Å²) < 4.78 is 74.0. The zero-order chi connectivity index (χ0) is 36.9. The van der Waals surface area contributed by atoms with E-state index in [0.717, 1.165) is 11.6 Å². The van der Waals surface area contributed by atoms with E-state index in [-0.39, 0.29) is 48.7 Å². The number of aromatic nitrogens is 1. The molecule has 4 aromatic rings. The van der Waals surface area contributed by atoms with Gasteiger partial charge in [0.15, 0.2) is 11.5 Å². The maximum atomic E-state index is 15.0. The monoisotopic (exact) mass is 715 g/mol. The average molecular weight is 716 g/mol. The Balaban J connectivity index is 1.38. The van der Waals surface area contributed by atoms with E-state index in [2.05, 4.69) is 0 Å². The number of fused-ring (bicyclic) bond motifs is 1. The number of non-ortho nitro benzene ring substituents is 1. The summed E-state index contributed by atoms with van der Waals surface area (Å²) in [6.07, 6.45) is -3.07. The normalized spacial score (nSPS) is 15.3. The van der Waals surface area contributed by atoms with Gasteiger partial charge in [0.2, 0.25) is 11.4 Å². The fourth-order valence-corrected chi connectivity index (χ4v) is 6.29. The van der Waals surface area contributed by atoms with Crippen molar-refractivity contribution in [3.8, 4) is 28.7 Å². The van der Waals surface area contributed by atoms with E-state index in [9.17, 15) is 20.0 Å². The minimum atomic E-state index is -5.10. The summed E-state index contributed by atoms with van der Waals surface area (Å²) in [6.45, 7) is 1.60. The molecule has 5 rings (SSSR count). The van der Waals surface area contributed by atoms with Crippen molar-refractivity contribution in [2.45, 2.75) is 50.5 Å². The van der Waals surface area contributed by atoms with Crippen LogP contribution in [0.4, 0.5) is 18.9 Å². The largest absolute Gasteiger partial charge is 0.497 e. The van der Waals surface area contributed by atoms with Crippen LogP contribution in [-0.2, 0) is 21.6 Å². The summed E-state index contributed by atoms with van der Waals surface area (Å²) in [6, 6.07) is 13.5. The number of halogens is 3. The average Bonchev–Trinajstić information content (AvgIpc) is 3.51. The van der Waals surface area contributed by atoms with Crippen LogP contribution in [0.25, 0.3) is 16.6 Å². The number of carbonyl (C=O) groups is 1. The van der Waals surface area contributed by atoms with E-state index in [1.807, 2.05) is 0 Å². The lowest BCUT2D eigenvalue weighted by Crippen LogP contribution is -2.53. The third-order valence-electron chi connectivity index (χ3n) is 8.98. The van der Waals surface area contributed by atoms with E-state index >= 15 is 13.2 Å². The van der Waals surface area contributed by atoms with Crippen molar-refractivity contribution in [3.05, 3.63) is 82.0 Å². The maximum absolute atomic E-state index is 15.0. The number of β-amino-alcohol motifs (C(OH)–C–C–N with tert-alkyl or cyclic N) is 1. The molecule has 0 amide bonds. The number of likely N-dealkylation sites (tertiary alicyclic amines) is 1. The predicted octanol–water partition coefficient (Wildman–Crippen LogP) is 6.35. The van der Waals surface area contributed by atoms with Gasteiger partial charge in [0.05, 0.1) is 38.4 Å². The number of esters is 1. The summed E-state index contributed by atoms with van der Waals surface area (Å²) in [4.78, 5) is 24.4. The van der Waals surface area contributed by atoms with Crippen molar-refractivity contribution in [1.29, 1.82) is 0 Å². The number of nitrogens with zero attached hydrogens (tertiary/aromatic N) is 3. The first kappa shape index (κ1) is 37.2. The number of rotatable bonds is 14. The maximum Gasteiger partial charge on any atom is 0.422 e. The van der Waals surface area contributed by atoms with Gasteiger partial charge in [-0.15, -0.1) is 0 Å². The molecular weight excluding hydrogens is 675 g/mol. The van der Waals surface area contributed by atoms with Crippen molar-refractivity contribution in [1.82, 2.24) is 9.47 Å². The van der Waals surface area contributed by atoms with E-state index < -0.39 is 34.9 Å². The lowest BCUT2D eigenvalue weighted by Gasteiger charge is -2.39. The highest BCUT2D eigenvalue weighted by atomic mass is 19.4. The number of nitro groups is 1. The van der Waals surface area contributed by atoms with Crippen LogP contribution in [-0.4, -0.2) is 85.3 Å². The van der Waals surface area contributed by atoms with Crippen molar-refractivity contribution >= 4 is 22.6 Å². The van der Waals surface area contributed by atoms with Crippen LogP contribution in [0.1, 0.15) is 37.3 Å². The third kappa shape index (κ3) is 7.99. The highest BCUT2D eigenvalue weighted by molar-refractivity contribution is 5.88. The van der Waals surface area contributed by atoms with Crippen molar-refractivity contribution in [2.75, 3.05) is 47.6 Å². The summed E-state index contributed by atoms with van der Waals surface area (Å²) in [7, 11) is 4.42. The molecule has 0 radical (unpaired) electrons. The zero-order valence-electron chi connectivity index (χ0n) is 28.7. The highest BCUT2D eigenvalue weighted by Gasteiger charge is 2.57. The first-order valence-corrected chi connectivity index (χ1v) is 16.3. The SMILES string of the molecule is CCOC(=O)CCc1cc(OC)c(OC2CCN(CC(O)(c3cn(-c4ccc(OC)cc4)c4cc([N+](=O)[O-])ccc34)C(F)(F)F)CC2)c(OC)c1. The summed E-state index contributed by atoms with van der Waals surface area (Å²) >= 11 is 0. The van der Waals surface area contributed by atoms with Crippen LogP contribution < -0.4 is 18.9 Å². The minimum Gasteiger partial charge on any atom is -0.497 e. The number of aryl methyl sites for hydroxylation is 1. The Morgan fingerprint density at radius 3 is 2.18 bits per heavy atom. The van der Waals surface area contributed by atoms with Gasteiger partial charge in [-0.05, 0) is 74.2 Å². The fourth-order valence-electron chi connectivity index (χ4n) is 6.29. The van der Waals surface area contributed by atoms with Crippen molar-refractivity contribution in [2.24, 2.45) is 0 Å². The molecule has 0 aliphatic carbocycles. The smallest absolute Gasteiger partial charge is 0.422 e. The van der Waals surface area contributed by atoms with Crippen LogP contribution in [0, 0.1) is 10.1 Å². The van der Waals surface area contributed by atoms with Gasteiger partial charge in [-0.3, -0.25) is 19.8 Å². The lowest BCUT2D eigenvalue weighted by atomic mass is 9.91. The van der Waals surface area contributed by atoms with Gasteiger partial charge in [-0.25, -0.2) is 0 Å². The van der Waals surface area contributed by atoms with E-state index in [4.69, 9.17) is 23.7 Å². The molecule has 0 bridgehead atoms. The Morgan fingerprint density at radius 2 is 1.63 bits per heavy atom. The van der Waals surface area contributed by atoms with Crippen LogP contribution in [0.5, 0.6) is 23.0 Å². The first-order valence-electron chi connectivity index (χ1n) is 16.3. The molecular formula is C36H40F3N3O9. The van der Waals surface area contributed by atoms with Crippen LogP contribution >= 0.6 is 0 Å². The van der Waals surface area contributed by atoms with E-state index in [0.29, 0.717) is 47.9 Å². The number of methoxy groups -OCH3 is 3. The van der Waals surface area contributed by atoms with Gasteiger partial charge < -0.3 is 33.4 Å². The Kier molecular flexibility index (Phi) is 11.3. The number of benzene rings is 3. The van der Waals surface area contributed by atoms with Gasteiger partial charge in [0.25, 0.3) is 5.69 Å². The Labute approximate surface area is 292 Å². The molecule has 1 N–H and O–H groups in total. The molecule has 12 nitrogen and oxygen atoms in total. The number of hydrogen-bond acceptors (Lipinski definition) is 10. The van der Waals surface area contributed by atoms with Gasteiger partial charge >= 0.3 is 12.1 Å². The molecule has 3 aromatic carbocycles. The number of alkyl halides is 3. The van der Waals surface area contributed by atoms with Crippen LogP contribution in [0.2, 0.25) is 0 Å². The van der Waals surface area contributed by atoms with Gasteiger partial charge in [0.1, 0.15) is 11.9 Å². The number of nitro benzene ring substituents is 1. The Morgan fingerprint density at radius 1 is 0.980 bits per heavy atom. The number of aliphatic hydroxyl groups is 1. The molecule has 1 aromatic heterocycles. The second kappa shape index (κ2) is 15.5. The Hall–Kier alpha value is -5.02. The summed E-state index contributed by atoms with van der Waals surface area (Å²) in [5, 5.41) is 23.3. The summed E-state index contributed by atoms with van der Waals surface area (Å²) in [5.74, 6) is 1.30. The number of carbonyl (C=O) groups excluding carboxylic acids is 1. The first-order chi connectivity index (χ1) is 24.3. The molecule has 1 aliphatic heterocycles. The molecule has 0 spiro atoms. The van der Waals surface area contributed by atoms with Crippen LogP contribution in [0.15, 0.2) is 60.8 Å². The van der Waals surface area contributed by atoms with Crippen molar-refractivity contribution < 1.29 is 51.7 Å². The molecule has 1 atom stereocenters. The number of ether oxygens (including phenoxy) is 5. The summed E-state index contributed by atoms with van der Waals surface area (Å²) in [5.41, 5.74) is -2.72. The molecule has 1 unspecified atom stereocenters. The number of piperidine rings is 1. The molecule has 0 saturated carbocycles. The lowest BCUT2D eigenvalue weighted by molar-refractivity contribution is -0.384. The molecule has 1 aliphatic rings. The van der Waals surface area contributed by atoms with Gasteiger partial charge in [-0.1, -0.05) is 0 Å². The topological polar surface area (TPSA) is 135 Å². The third-order valence-corrected chi connectivity index (χ3v) is 8.98. The number of hydrogen-bond donors (Lipinski definition) is 1. The highest BCUT2D eigenvalue weighted by Crippen LogP contribution is 2.45. The van der Waals surface area contributed by atoms with Crippen LogP contribution in [0.3, 0.4) is 0 Å². The van der Waals surface area contributed by atoms with E-state index in [1.165, 1.54) is 49.1 Å².